The van der Waals surface area contributed by atoms with E-state index in [0.717, 1.165) is 25.8 Å². The van der Waals surface area contributed by atoms with Gasteiger partial charge in [-0.05, 0) is 30.9 Å². The second-order valence-electron chi connectivity index (χ2n) is 5.68. The van der Waals surface area contributed by atoms with Gasteiger partial charge < -0.3 is 0 Å². The normalized spacial score (nSPS) is 11.2. The summed E-state index contributed by atoms with van der Waals surface area (Å²) in [6.45, 7) is 4.42. The Morgan fingerprint density at radius 2 is 1.92 bits per heavy atom. The summed E-state index contributed by atoms with van der Waals surface area (Å²) in [6, 6.07) is 12.2. The molecule has 4 aromatic rings. The Balaban J connectivity index is 1.91. The Bertz CT molecular complexity index is 1060. The number of rotatable bonds is 3. The second-order valence-corrected chi connectivity index (χ2v) is 7.84. The minimum absolute atomic E-state index is 0.129. The second kappa shape index (κ2) is 5.96. The van der Waals surface area contributed by atoms with Gasteiger partial charge in [-0.15, -0.1) is 22.7 Å². The van der Waals surface area contributed by atoms with Crippen LogP contribution in [0.2, 0.25) is 0 Å². The van der Waals surface area contributed by atoms with Gasteiger partial charge in [0.1, 0.15) is 5.69 Å². The molecule has 0 aliphatic heterocycles. The lowest BCUT2D eigenvalue weighted by Crippen LogP contribution is -2.24. The molecule has 4 rings (SSSR count). The third-order valence-electron chi connectivity index (χ3n) is 3.81. The zero-order valence-electron chi connectivity index (χ0n) is 13.3. The number of hydrogen-bond donors (Lipinski definition) is 0. The molecule has 0 aliphatic carbocycles. The molecular weight excluding hydrogens is 338 g/mol. The van der Waals surface area contributed by atoms with Crippen LogP contribution in [0.15, 0.2) is 46.6 Å². The van der Waals surface area contributed by atoms with Gasteiger partial charge in [0.25, 0.3) is 5.56 Å². The predicted molar refractivity (Wildman–Crippen MR) is 100 cm³/mol. The summed E-state index contributed by atoms with van der Waals surface area (Å²) in [5, 5.41) is 7.56. The lowest BCUT2D eigenvalue weighted by atomic mass is 10.1. The molecule has 0 amide bonds. The topological polar surface area (TPSA) is 47.8 Å². The zero-order chi connectivity index (χ0) is 16.7. The van der Waals surface area contributed by atoms with Crippen LogP contribution in [-0.2, 0) is 6.54 Å². The van der Waals surface area contributed by atoms with Gasteiger partial charge in [0.2, 0.25) is 0 Å². The highest BCUT2D eigenvalue weighted by atomic mass is 32.1. The predicted octanol–water partition coefficient (Wildman–Crippen LogP) is 4.25. The van der Waals surface area contributed by atoms with E-state index in [1.807, 2.05) is 55.6 Å². The molecule has 3 aromatic heterocycles. The Morgan fingerprint density at radius 3 is 2.62 bits per heavy atom. The van der Waals surface area contributed by atoms with E-state index in [4.69, 9.17) is 0 Å². The third-order valence-corrected chi connectivity index (χ3v) is 5.67. The van der Waals surface area contributed by atoms with Crippen molar-refractivity contribution in [1.29, 1.82) is 0 Å². The van der Waals surface area contributed by atoms with Crippen molar-refractivity contribution in [3.05, 3.63) is 68.3 Å². The fourth-order valence-electron chi connectivity index (χ4n) is 2.61. The van der Waals surface area contributed by atoms with Crippen molar-refractivity contribution >= 4 is 32.9 Å². The first kappa shape index (κ1) is 15.2. The molecule has 0 fully saturated rings. The SMILES string of the molecule is Cc1ccc(Cn2nc(-c3cccs3)c3sc(C)nc3c2=O)cc1. The zero-order valence-corrected chi connectivity index (χ0v) is 14.9. The standard InChI is InChI=1S/C18H15N3OS2/c1-11-5-7-13(8-6-11)10-21-18(22)16-17(24-12(2)19-16)15(20-21)14-4-3-9-23-14/h3-9H,10H2,1-2H3. The number of hydrogen-bond acceptors (Lipinski definition) is 5. The van der Waals surface area contributed by atoms with Gasteiger partial charge >= 0.3 is 0 Å². The lowest BCUT2D eigenvalue weighted by molar-refractivity contribution is 0.650. The summed E-state index contributed by atoms with van der Waals surface area (Å²) < 4.78 is 2.40. The molecule has 0 aliphatic rings. The van der Waals surface area contributed by atoms with E-state index >= 15 is 0 Å². The Hall–Kier alpha value is -2.31. The molecule has 0 saturated heterocycles. The van der Waals surface area contributed by atoms with Crippen molar-refractivity contribution in [3.63, 3.8) is 0 Å². The van der Waals surface area contributed by atoms with E-state index in [2.05, 4.69) is 10.1 Å². The van der Waals surface area contributed by atoms with Crippen molar-refractivity contribution in [2.45, 2.75) is 20.4 Å². The van der Waals surface area contributed by atoms with Crippen LogP contribution in [0.3, 0.4) is 0 Å². The van der Waals surface area contributed by atoms with Crippen molar-refractivity contribution in [2.24, 2.45) is 0 Å². The molecule has 0 saturated carbocycles. The van der Waals surface area contributed by atoms with Crippen LogP contribution in [0.25, 0.3) is 20.8 Å². The molecule has 0 atom stereocenters. The lowest BCUT2D eigenvalue weighted by Gasteiger charge is -2.08. The summed E-state index contributed by atoms with van der Waals surface area (Å²) in [7, 11) is 0. The van der Waals surface area contributed by atoms with Gasteiger partial charge in [0, 0.05) is 0 Å². The Kier molecular flexibility index (Phi) is 3.78. The Morgan fingerprint density at radius 1 is 1.12 bits per heavy atom. The minimum Gasteiger partial charge on any atom is -0.265 e. The highest BCUT2D eigenvalue weighted by Gasteiger charge is 2.17. The number of nitrogens with zero attached hydrogens (tertiary/aromatic N) is 3. The van der Waals surface area contributed by atoms with Crippen LogP contribution < -0.4 is 5.56 Å². The molecule has 24 heavy (non-hydrogen) atoms. The fraction of sp³-hybridized carbons (Fsp3) is 0.167. The van der Waals surface area contributed by atoms with Crippen LogP contribution >= 0.6 is 22.7 Å². The van der Waals surface area contributed by atoms with E-state index in [1.165, 1.54) is 21.6 Å². The van der Waals surface area contributed by atoms with E-state index in [0.29, 0.717) is 12.1 Å². The quantitative estimate of drug-likeness (QED) is 0.553. The molecule has 6 heteroatoms. The van der Waals surface area contributed by atoms with Gasteiger partial charge in [0.05, 0.1) is 21.1 Å². The number of aryl methyl sites for hydroxylation is 2. The molecule has 4 nitrogen and oxygen atoms in total. The minimum atomic E-state index is -0.129. The number of fused-ring (bicyclic) bond motifs is 1. The van der Waals surface area contributed by atoms with Crippen LogP contribution in [-0.4, -0.2) is 14.8 Å². The average Bonchev–Trinajstić information content (AvgIpc) is 3.22. The summed E-state index contributed by atoms with van der Waals surface area (Å²) in [4.78, 5) is 18.3. The highest BCUT2D eigenvalue weighted by molar-refractivity contribution is 7.20. The van der Waals surface area contributed by atoms with Crippen molar-refractivity contribution in [1.82, 2.24) is 14.8 Å². The first-order chi connectivity index (χ1) is 11.6. The van der Waals surface area contributed by atoms with Crippen molar-refractivity contribution in [3.8, 4) is 10.6 Å². The summed E-state index contributed by atoms with van der Waals surface area (Å²) in [5.41, 5.74) is 3.48. The summed E-state index contributed by atoms with van der Waals surface area (Å²) in [5.74, 6) is 0. The molecule has 0 unspecified atom stereocenters. The van der Waals surface area contributed by atoms with Gasteiger partial charge in [-0.25, -0.2) is 9.67 Å². The first-order valence-electron chi connectivity index (χ1n) is 7.59. The monoisotopic (exact) mass is 353 g/mol. The van der Waals surface area contributed by atoms with E-state index in [9.17, 15) is 4.79 Å². The Labute approximate surface area is 147 Å². The molecule has 0 radical (unpaired) electrons. The van der Waals surface area contributed by atoms with Crippen LogP contribution in [0.5, 0.6) is 0 Å². The van der Waals surface area contributed by atoms with Gasteiger partial charge in [-0.2, -0.15) is 5.10 Å². The third kappa shape index (κ3) is 2.68. The van der Waals surface area contributed by atoms with Crippen LogP contribution in [0, 0.1) is 13.8 Å². The van der Waals surface area contributed by atoms with E-state index in [-0.39, 0.29) is 5.56 Å². The van der Waals surface area contributed by atoms with Crippen molar-refractivity contribution in [2.75, 3.05) is 0 Å². The van der Waals surface area contributed by atoms with Gasteiger partial charge in [-0.1, -0.05) is 35.9 Å². The molecule has 0 spiro atoms. The average molecular weight is 353 g/mol. The molecule has 1 aromatic carbocycles. The van der Waals surface area contributed by atoms with Crippen LogP contribution in [0.4, 0.5) is 0 Å². The highest BCUT2D eigenvalue weighted by Crippen LogP contribution is 2.32. The smallest absolute Gasteiger partial charge is 0.265 e. The number of aromatic nitrogens is 3. The molecule has 3 heterocycles. The summed E-state index contributed by atoms with van der Waals surface area (Å²) >= 11 is 3.15. The number of thiophene rings is 1. The molecular formula is C18H15N3OS2. The maximum absolute atomic E-state index is 12.8. The summed E-state index contributed by atoms with van der Waals surface area (Å²) in [6.07, 6.45) is 0. The molecule has 0 bridgehead atoms. The van der Waals surface area contributed by atoms with Gasteiger partial charge in [-0.3, -0.25) is 4.79 Å². The molecule has 120 valence electrons. The maximum Gasteiger partial charge on any atom is 0.294 e. The number of benzene rings is 1. The maximum atomic E-state index is 12.8. The van der Waals surface area contributed by atoms with E-state index < -0.39 is 0 Å². The molecule has 0 N–H and O–H groups in total. The largest absolute Gasteiger partial charge is 0.294 e. The first-order valence-corrected chi connectivity index (χ1v) is 9.29. The van der Waals surface area contributed by atoms with E-state index in [1.54, 1.807) is 11.3 Å². The van der Waals surface area contributed by atoms with Gasteiger partial charge in [0.15, 0.2) is 5.52 Å². The van der Waals surface area contributed by atoms with Crippen LogP contribution in [0.1, 0.15) is 16.1 Å². The number of thiazole rings is 1. The van der Waals surface area contributed by atoms with Crippen molar-refractivity contribution < 1.29 is 0 Å². The fourth-order valence-corrected chi connectivity index (χ4v) is 4.30.